The summed E-state index contributed by atoms with van der Waals surface area (Å²) in [4.78, 5) is 9.13. The maximum Gasteiger partial charge on any atom is 0.183 e. The monoisotopic (exact) mass is 293 g/mol. The van der Waals surface area contributed by atoms with Crippen LogP contribution < -0.4 is 5.32 Å². The van der Waals surface area contributed by atoms with E-state index in [-0.39, 0.29) is 0 Å². The van der Waals surface area contributed by atoms with Gasteiger partial charge in [0.25, 0.3) is 0 Å². The Morgan fingerprint density at radius 3 is 3.00 bits per heavy atom. The minimum atomic E-state index is 0.788. The van der Waals surface area contributed by atoms with Crippen LogP contribution in [0.3, 0.4) is 0 Å². The maximum absolute atomic E-state index is 4.84. The van der Waals surface area contributed by atoms with Gasteiger partial charge in [-0.2, -0.15) is 0 Å². The molecule has 1 fully saturated rings. The van der Waals surface area contributed by atoms with E-state index in [9.17, 15) is 0 Å². The number of fused-ring (bicyclic) bond motifs is 2. The zero-order valence-corrected chi connectivity index (χ0v) is 13.6. The molecule has 2 aliphatic rings. The first-order valence-electron chi connectivity index (χ1n) is 8.28. The normalized spacial score (nSPS) is 26.1. The van der Waals surface area contributed by atoms with Crippen LogP contribution in [0.15, 0.2) is 0 Å². The van der Waals surface area contributed by atoms with Crippen molar-refractivity contribution in [2.24, 2.45) is 5.92 Å². The summed E-state index contributed by atoms with van der Waals surface area (Å²) in [7, 11) is 0. The highest BCUT2D eigenvalue weighted by molar-refractivity contribution is 7.15. The molecule has 1 aromatic heterocycles. The van der Waals surface area contributed by atoms with Crippen LogP contribution in [0.4, 0.5) is 5.13 Å². The van der Waals surface area contributed by atoms with Gasteiger partial charge in [0, 0.05) is 17.5 Å². The minimum Gasteiger partial charge on any atom is -0.362 e. The Kier molecular flexibility index (Phi) is 4.61. The lowest BCUT2D eigenvalue weighted by atomic mass is 9.79. The molecule has 20 heavy (non-hydrogen) atoms. The van der Waals surface area contributed by atoms with Crippen LogP contribution in [-0.4, -0.2) is 35.6 Å². The number of nitrogens with zero attached hydrogens (tertiary/aromatic N) is 2. The van der Waals surface area contributed by atoms with Crippen molar-refractivity contribution in [1.82, 2.24) is 9.88 Å². The molecule has 1 N–H and O–H groups in total. The van der Waals surface area contributed by atoms with Crippen LogP contribution in [-0.2, 0) is 12.8 Å². The Labute approximate surface area is 126 Å². The van der Waals surface area contributed by atoms with Crippen LogP contribution >= 0.6 is 11.3 Å². The van der Waals surface area contributed by atoms with Crippen LogP contribution in [0.2, 0.25) is 0 Å². The lowest BCUT2D eigenvalue weighted by Crippen LogP contribution is -2.49. The van der Waals surface area contributed by atoms with Crippen LogP contribution in [0.1, 0.15) is 50.1 Å². The van der Waals surface area contributed by atoms with E-state index < -0.39 is 0 Å². The number of nitrogens with one attached hydrogen (secondary N) is 1. The Morgan fingerprint density at radius 1 is 1.30 bits per heavy atom. The summed E-state index contributed by atoms with van der Waals surface area (Å²) >= 11 is 1.90. The molecule has 1 aliphatic heterocycles. The van der Waals surface area contributed by atoms with E-state index in [0.717, 1.165) is 23.6 Å². The highest BCUT2D eigenvalue weighted by Gasteiger charge is 2.36. The van der Waals surface area contributed by atoms with Crippen molar-refractivity contribution in [2.45, 2.75) is 58.4 Å². The summed E-state index contributed by atoms with van der Waals surface area (Å²) in [6.07, 6.45) is 7.68. The summed E-state index contributed by atoms with van der Waals surface area (Å²) in [5.74, 6) is 0.851. The zero-order valence-electron chi connectivity index (χ0n) is 12.8. The van der Waals surface area contributed by atoms with Gasteiger partial charge < -0.3 is 5.32 Å². The molecule has 0 saturated carbocycles. The second kappa shape index (κ2) is 6.44. The summed E-state index contributed by atoms with van der Waals surface area (Å²) in [6, 6.07) is 0.788. The van der Waals surface area contributed by atoms with Gasteiger partial charge >= 0.3 is 0 Å². The number of likely N-dealkylation sites (tertiary alicyclic amines) is 1. The average Bonchev–Trinajstić information content (AvgIpc) is 2.85. The van der Waals surface area contributed by atoms with E-state index in [4.69, 9.17) is 4.98 Å². The van der Waals surface area contributed by atoms with E-state index in [1.165, 1.54) is 57.3 Å². The summed E-state index contributed by atoms with van der Waals surface area (Å²) in [6.45, 7) is 8.14. The Hall–Kier alpha value is -0.610. The lowest BCUT2D eigenvalue weighted by Gasteiger charge is -2.43. The van der Waals surface area contributed by atoms with Gasteiger partial charge in [0.15, 0.2) is 5.13 Å². The summed E-state index contributed by atoms with van der Waals surface area (Å²) < 4.78 is 0. The molecule has 3 rings (SSSR count). The second-order valence-corrected chi connectivity index (χ2v) is 7.31. The fourth-order valence-corrected chi connectivity index (χ4v) is 4.82. The molecule has 0 unspecified atom stereocenters. The third-order valence-corrected chi connectivity index (χ3v) is 5.78. The fourth-order valence-electron chi connectivity index (χ4n) is 3.76. The molecule has 1 saturated heterocycles. The molecule has 2 atom stereocenters. The molecule has 0 radical (unpaired) electrons. The van der Waals surface area contributed by atoms with Gasteiger partial charge in [0.05, 0.1) is 5.69 Å². The number of piperidine rings is 1. The quantitative estimate of drug-likeness (QED) is 0.900. The first-order chi connectivity index (χ1) is 9.81. The molecule has 1 aromatic rings. The molecule has 0 amide bonds. The SMILES string of the molecule is CCCNc1nc2c(s1)C[C@H]1[C@@H](CCCN1CCC)C2. The first kappa shape index (κ1) is 14.3. The number of aromatic nitrogens is 1. The Balaban J connectivity index is 1.74. The van der Waals surface area contributed by atoms with E-state index in [1.807, 2.05) is 11.3 Å². The van der Waals surface area contributed by atoms with E-state index in [1.54, 1.807) is 4.88 Å². The van der Waals surface area contributed by atoms with Crippen molar-refractivity contribution in [2.75, 3.05) is 25.0 Å². The molecule has 2 heterocycles. The van der Waals surface area contributed by atoms with Gasteiger partial charge in [-0.3, -0.25) is 4.90 Å². The van der Waals surface area contributed by atoms with Crippen molar-refractivity contribution in [3.8, 4) is 0 Å². The minimum absolute atomic E-state index is 0.788. The van der Waals surface area contributed by atoms with Crippen LogP contribution in [0, 0.1) is 5.92 Å². The van der Waals surface area contributed by atoms with Gasteiger partial charge in [-0.1, -0.05) is 13.8 Å². The standard InChI is InChI=1S/C16H27N3S/c1-3-7-17-16-18-13-10-12-6-5-9-19(8-4-2)14(12)11-15(13)20-16/h12,14H,3-11H2,1-2H3,(H,17,18)/t12-,14-/m0/s1. The maximum atomic E-state index is 4.84. The van der Waals surface area contributed by atoms with Crippen molar-refractivity contribution in [1.29, 1.82) is 0 Å². The van der Waals surface area contributed by atoms with E-state index >= 15 is 0 Å². The predicted molar refractivity (Wildman–Crippen MR) is 86.7 cm³/mol. The lowest BCUT2D eigenvalue weighted by molar-refractivity contribution is 0.0857. The first-order valence-corrected chi connectivity index (χ1v) is 9.10. The van der Waals surface area contributed by atoms with Gasteiger partial charge in [-0.25, -0.2) is 4.98 Å². The third-order valence-electron chi connectivity index (χ3n) is 4.70. The second-order valence-electron chi connectivity index (χ2n) is 6.23. The molecule has 3 nitrogen and oxygen atoms in total. The van der Waals surface area contributed by atoms with Gasteiger partial charge in [0.2, 0.25) is 0 Å². The van der Waals surface area contributed by atoms with Crippen molar-refractivity contribution < 1.29 is 0 Å². The predicted octanol–water partition coefficient (Wildman–Crippen LogP) is 3.55. The topological polar surface area (TPSA) is 28.2 Å². The number of hydrogen-bond acceptors (Lipinski definition) is 4. The average molecular weight is 293 g/mol. The smallest absolute Gasteiger partial charge is 0.183 e. The molecular formula is C16H27N3S. The fraction of sp³-hybridized carbons (Fsp3) is 0.812. The number of hydrogen-bond donors (Lipinski definition) is 1. The molecule has 112 valence electrons. The number of thiazole rings is 1. The summed E-state index contributed by atoms with van der Waals surface area (Å²) in [5.41, 5.74) is 1.40. The van der Waals surface area contributed by atoms with Gasteiger partial charge in [0.1, 0.15) is 0 Å². The van der Waals surface area contributed by atoms with Gasteiger partial charge in [-0.15, -0.1) is 11.3 Å². The Morgan fingerprint density at radius 2 is 2.20 bits per heavy atom. The van der Waals surface area contributed by atoms with Crippen LogP contribution in [0.25, 0.3) is 0 Å². The highest BCUT2D eigenvalue weighted by atomic mass is 32.1. The van der Waals surface area contributed by atoms with E-state index in [0.29, 0.717) is 0 Å². The zero-order chi connectivity index (χ0) is 13.9. The third kappa shape index (κ3) is 2.86. The van der Waals surface area contributed by atoms with Gasteiger partial charge in [-0.05, 0) is 57.5 Å². The highest BCUT2D eigenvalue weighted by Crippen LogP contribution is 2.38. The molecule has 0 bridgehead atoms. The van der Waals surface area contributed by atoms with Crippen LogP contribution in [0.5, 0.6) is 0 Å². The molecule has 0 aromatic carbocycles. The van der Waals surface area contributed by atoms with Crippen molar-refractivity contribution in [3.63, 3.8) is 0 Å². The van der Waals surface area contributed by atoms with Crippen molar-refractivity contribution >= 4 is 16.5 Å². The number of anilines is 1. The molecule has 1 aliphatic carbocycles. The Bertz CT molecular complexity index is 441. The van der Waals surface area contributed by atoms with E-state index in [2.05, 4.69) is 24.1 Å². The molecule has 0 spiro atoms. The largest absolute Gasteiger partial charge is 0.362 e. The molecular weight excluding hydrogens is 266 g/mol. The summed E-state index contributed by atoms with van der Waals surface area (Å²) in [5, 5.41) is 4.61. The number of rotatable bonds is 5. The molecule has 4 heteroatoms. The van der Waals surface area contributed by atoms with Crippen molar-refractivity contribution in [3.05, 3.63) is 10.6 Å².